The van der Waals surface area contributed by atoms with Crippen molar-refractivity contribution in [1.82, 2.24) is 9.78 Å². The molecule has 7 nitrogen and oxygen atoms in total. The number of carbonyl (C=O) groups is 2. The molecule has 0 saturated carbocycles. The Hall–Kier alpha value is -4.65. The van der Waals surface area contributed by atoms with Crippen LogP contribution in [0, 0.1) is 0 Å². The van der Waals surface area contributed by atoms with Crippen LogP contribution in [0.2, 0.25) is 0 Å². The van der Waals surface area contributed by atoms with Gasteiger partial charge < -0.3 is 14.2 Å². The van der Waals surface area contributed by atoms with E-state index in [0.717, 1.165) is 17.0 Å². The first-order chi connectivity index (χ1) is 17.4. The summed E-state index contributed by atoms with van der Waals surface area (Å²) in [6.07, 6.45) is 3.61. The largest absolute Gasteiger partial charge is 0.491 e. The first kappa shape index (κ1) is 23.1. The van der Waals surface area contributed by atoms with Crippen LogP contribution in [0.25, 0.3) is 23.0 Å². The fourth-order valence-electron chi connectivity index (χ4n) is 3.97. The monoisotopic (exact) mass is 480 g/mol. The van der Waals surface area contributed by atoms with Crippen molar-refractivity contribution in [2.24, 2.45) is 0 Å². The van der Waals surface area contributed by atoms with Crippen LogP contribution < -0.4 is 9.47 Å². The van der Waals surface area contributed by atoms with Crippen LogP contribution >= 0.6 is 0 Å². The van der Waals surface area contributed by atoms with Gasteiger partial charge in [0.05, 0.1) is 30.0 Å². The Balaban J connectivity index is 1.55. The van der Waals surface area contributed by atoms with E-state index in [1.165, 1.54) is 13.2 Å². The number of Topliss-reactive ketones (excluding diaryl/α,β-unsaturated/α-hetero) is 1. The average Bonchev–Trinajstić information content (AvgIpc) is 3.45. The second-order valence-electron chi connectivity index (χ2n) is 8.55. The summed E-state index contributed by atoms with van der Waals surface area (Å²) in [4.78, 5) is 25.1. The molecule has 0 saturated heterocycles. The van der Waals surface area contributed by atoms with Crippen LogP contribution in [-0.2, 0) is 4.74 Å². The summed E-state index contributed by atoms with van der Waals surface area (Å²) in [5, 5.41) is 4.81. The van der Waals surface area contributed by atoms with Crippen molar-refractivity contribution >= 4 is 17.8 Å². The van der Waals surface area contributed by atoms with Gasteiger partial charge in [0.25, 0.3) is 0 Å². The Morgan fingerprint density at radius 2 is 1.78 bits per heavy atom. The van der Waals surface area contributed by atoms with Crippen LogP contribution in [0.1, 0.15) is 40.1 Å². The standard InChI is InChI=1S/C29H24N2O5/c1-18(2)35-23-12-9-19(10-13-23)27-21(17-31(30-27)22-7-5-4-6-8-22)16-26-28(32)24-15-20(29(33)34-3)11-14-25(24)36-26/h4-18H,1-3H3/b26-16-. The highest BCUT2D eigenvalue weighted by Gasteiger charge is 2.29. The molecular formula is C29H24N2O5. The number of benzene rings is 3. The third-order valence-corrected chi connectivity index (χ3v) is 5.64. The molecule has 0 atom stereocenters. The van der Waals surface area contributed by atoms with E-state index in [4.69, 9.17) is 19.3 Å². The van der Waals surface area contributed by atoms with E-state index in [9.17, 15) is 9.59 Å². The van der Waals surface area contributed by atoms with Gasteiger partial charge in [0, 0.05) is 17.3 Å². The van der Waals surface area contributed by atoms with Crippen molar-refractivity contribution in [2.75, 3.05) is 7.11 Å². The molecule has 0 unspecified atom stereocenters. The summed E-state index contributed by atoms with van der Waals surface area (Å²) in [6, 6.07) is 22.0. The SMILES string of the molecule is COC(=O)c1ccc2c(c1)C(=O)/C(=C/c1cn(-c3ccccc3)nc1-c1ccc(OC(C)C)cc1)O2. The Bertz CT molecular complexity index is 1470. The van der Waals surface area contributed by atoms with Crippen LogP contribution in [0.4, 0.5) is 0 Å². The lowest BCUT2D eigenvalue weighted by Gasteiger charge is -2.09. The maximum Gasteiger partial charge on any atom is 0.337 e. The van der Waals surface area contributed by atoms with E-state index in [2.05, 4.69) is 0 Å². The van der Waals surface area contributed by atoms with Gasteiger partial charge in [-0.3, -0.25) is 4.79 Å². The molecule has 1 aliphatic heterocycles. The molecule has 3 aromatic carbocycles. The van der Waals surface area contributed by atoms with Gasteiger partial charge in [0.1, 0.15) is 17.2 Å². The zero-order chi connectivity index (χ0) is 25.2. The number of methoxy groups -OCH3 is 1. The van der Waals surface area contributed by atoms with Crippen molar-refractivity contribution in [3.8, 4) is 28.4 Å². The van der Waals surface area contributed by atoms with E-state index in [-0.39, 0.29) is 23.2 Å². The van der Waals surface area contributed by atoms with E-state index in [1.807, 2.05) is 74.6 Å². The van der Waals surface area contributed by atoms with Gasteiger partial charge in [-0.15, -0.1) is 0 Å². The van der Waals surface area contributed by atoms with Crippen molar-refractivity contribution in [3.63, 3.8) is 0 Å². The molecule has 36 heavy (non-hydrogen) atoms. The number of nitrogens with zero attached hydrogens (tertiary/aromatic N) is 2. The van der Waals surface area contributed by atoms with Gasteiger partial charge in [0.15, 0.2) is 5.76 Å². The molecule has 0 aliphatic carbocycles. The van der Waals surface area contributed by atoms with Crippen molar-refractivity contribution < 1.29 is 23.8 Å². The minimum atomic E-state index is -0.514. The van der Waals surface area contributed by atoms with E-state index >= 15 is 0 Å². The van der Waals surface area contributed by atoms with Crippen molar-refractivity contribution in [1.29, 1.82) is 0 Å². The highest BCUT2D eigenvalue weighted by atomic mass is 16.5. The zero-order valence-corrected chi connectivity index (χ0v) is 20.1. The molecule has 0 amide bonds. The summed E-state index contributed by atoms with van der Waals surface area (Å²) in [5.74, 6) is 0.489. The third-order valence-electron chi connectivity index (χ3n) is 5.64. The fourth-order valence-corrected chi connectivity index (χ4v) is 3.97. The van der Waals surface area contributed by atoms with Gasteiger partial charge in [-0.05, 0) is 74.5 Å². The predicted octanol–water partition coefficient (Wildman–Crippen LogP) is 5.73. The van der Waals surface area contributed by atoms with Crippen LogP contribution in [0.15, 0.2) is 84.8 Å². The lowest BCUT2D eigenvalue weighted by molar-refractivity contribution is 0.0600. The molecule has 1 aromatic heterocycles. The lowest BCUT2D eigenvalue weighted by Crippen LogP contribution is -2.05. The highest BCUT2D eigenvalue weighted by molar-refractivity contribution is 6.15. The molecule has 0 radical (unpaired) electrons. The van der Waals surface area contributed by atoms with Crippen LogP contribution in [-0.4, -0.2) is 34.7 Å². The molecular weight excluding hydrogens is 456 g/mol. The molecule has 7 heteroatoms. The Morgan fingerprint density at radius 1 is 1.03 bits per heavy atom. The maximum absolute atomic E-state index is 13.1. The van der Waals surface area contributed by atoms with Gasteiger partial charge in [0.2, 0.25) is 5.78 Å². The number of esters is 1. The van der Waals surface area contributed by atoms with Gasteiger partial charge in [-0.2, -0.15) is 5.10 Å². The molecule has 2 heterocycles. The zero-order valence-electron chi connectivity index (χ0n) is 20.1. The van der Waals surface area contributed by atoms with E-state index in [0.29, 0.717) is 22.6 Å². The summed E-state index contributed by atoms with van der Waals surface area (Å²) < 4.78 is 18.2. The Labute approximate surface area is 208 Å². The number of rotatable bonds is 6. The maximum atomic E-state index is 13.1. The van der Waals surface area contributed by atoms with Crippen molar-refractivity contribution in [3.05, 3.63) is 101 Å². The van der Waals surface area contributed by atoms with Gasteiger partial charge in [-0.25, -0.2) is 9.48 Å². The second-order valence-corrected chi connectivity index (χ2v) is 8.55. The van der Waals surface area contributed by atoms with Crippen molar-refractivity contribution in [2.45, 2.75) is 20.0 Å². The second kappa shape index (κ2) is 9.54. The van der Waals surface area contributed by atoms with Crippen LogP contribution in [0.5, 0.6) is 11.5 Å². The molecule has 0 spiro atoms. The van der Waals surface area contributed by atoms with Crippen LogP contribution in [0.3, 0.4) is 0 Å². The number of para-hydroxylation sites is 1. The molecule has 5 rings (SSSR count). The topological polar surface area (TPSA) is 79.7 Å². The Kier molecular flexibility index (Phi) is 6.12. The minimum Gasteiger partial charge on any atom is -0.491 e. The smallest absolute Gasteiger partial charge is 0.337 e. The van der Waals surface area contributed by atoms with Gasteiger partial charge >= 0.3 is 5.97 Å². The molecule has 180 valence electrons. The quantitative estimate of drug-likeness (QED) is 0.259. The Morgan fingerprint density at radius 3 is 2.47 bits per heavy atom. The molecule has 0 fully saturated rings. The number of ether oxygens (including phenoxy) is 3. The normalized spacial score (nSPS) is 13.6. The summed E-state index contributed by atoms with van der Waals surface area (Å²) in [5.41, 5.74) is 3.74. The minimum absolute atomic E-state index is 0.0697. The molecule has 1 aliphatic rings. The summed E-state index contributed by atoms with van der Waals surface area (Å²) >= 11 is 0. The van der Waals surface area contributed by atoms with E-state index < -0.39 is 5.97 Å². The third kappa shape index (κ3) is 4.51. The number of carbonyl (C=O) groups excluding carboxylic acids is 2. The number of aromatic nitrogens is 2. The molecule has 4 aromatic rings. The summed E-state index contributed by atoms with van der Waals surface area (Å²) in [6.45, 7) is 3.95. The number of ketones is 1. The average molecular weight is 481 g/mol. The highest BCUT2D eigenvalue weighted by Crippen LogP contribution is 2.34. The number of fused-ring (bicyclic) bond motifs is 1. The number of allylic oxidation sites excluding steroid dienone is 1. The molecule has 0 bridgehead atoms. The summed E-state index contributed by atoms with van der Waals surface area (Å²) in [7, 11) is 1.30. The number of hydrogen-bond donors (Lipinski definition) is 0. The van der Waals surface area contributed by atoms with E-state index in [1.54, 1.807) is 22.9 Å². The van der Waals surface area contributed by atoms with Gasteiger partial charge in [-0.1, -0.05) is 18.2 Å². The first-order valence-electron chi connectivity index (χ1n) is 11.5. The first-order valence-corrected chi connectivity index (χ1v) is 11.5. The fraction of sp³-hybridized carbons (Fsp3) is 0.138. The number of hydrogen-bond acceptors (Lipinski definition) is 6. The predicted molar refractivity (Wildman–Crippen MR) is 135 cm³/mol. The lowest BCUT2D eigenvalue weighted by atomic mass is 10.0. The molecule has 0 N–H and O–H groups in total.